The Morgan fingerprint density at radius 1 is 1.12 bits per heavy atom. The van der Waals surface area contributed by atoms with Gasteiger partial charge in [-0.1, -0.05) is 46.8 Å². The lowest BCUT2D eigenvalue weighted by molar-refractivity contribution is 0.611. The molecular weight excluding hydrogens is 296 g/mol. The van der Waals surface area contributed by atoms with E-state index in [1.54, 1.807) is 6.07 Å². The van der Waals surface area contributed by atoms with Crippen LogP contribution in [-0.4, -0.2) is 4.98 Å². The quantitative estimate of drug-likeness (QED) is 0.587. The lowest BCUT2D eigenvalue weighted by Gasteiger charge is -2.05. The summed E-state index contributed by atoms with van der Waals surface area (Å²) in [4.78, 5) is 4.57. The Balaban J connectivity index is 0.00000100. The molecule has 0 N–H and O–H groups in total. The molecule has 0 radical (unpaired) electrons. The summed E-state index contributed by atoms with van der Waals surface area (Å²) in [6.07, 6.45) is 1.01. The van der Waals surface area contributed by atoms with Crippen LogP contribution in [0.5, 0.6) is 0 Å². The molecular formula is C21H24N2O. The highest BCUT2D eigenvalue weighted by atomic mass is 16.3. The molecule has 0 amide bonds. The Morgan fingerprint density at radius 3 is 2.33 bits per heavy atom. The number of hydrogen-bond acceptors (Lipinski definition) is 3. The zero-order chi connectivity index (χ0) is 17.7. The van der Waals surface area contributed by atoms with Gasteiger partial charge in [-0.2, -0.15) is 5.26 Å². The standard InChI is InChI=1S/C19H18N2O.C2H6/c1-4-13-5-7-15(8-6-13)19-21-17-10-14(11-20)9-16(12(2)3)18(17)22-19;1-2/h5-10,12H,4H2,1-3H3;1-2H3. The van der Waals surface area contributed by atoms with Crippen molar-refractivity contribution in [1.29, 1.82) is 5.26 Å². The SMILES string of the molecule is CC.CCc1ccc(-c2nc3cc(C#N)cc(C(C)C)c3o2)cc1. The summed E-state index contributed by atoms with van der Waals surface area (Å²) in [6, 6.07) is 14.1. The van der Waals surface area contributed by atoms with Gasteiger partial charge in [0.05, 0.1) is 11.6 Å². The first kappa shape index (κ1) is 17.7. The molecule has 3 heteroatoms. The van der Waals surface area contributed by atoms with Gasteiger partial charge in [0.2, 0.25) is 5.89 Å². The Labute approximate surface area is 144 Å². The van der Waals surface area contributed by atoms with E-state index in [1.165, 1.54) is 5.56 Å². The summed E-state index contributed by atoms with van der Waals surface area (Å²) in [6.45, 7) is 10.3. The van der Waals surface area contributed by atoms with Gasteiger partial charge in [0.15, 0.2) is 5.58 Å². The summed E-state index contributed by atoms with van der Waals surface area (Å²) in [5.41, 5.74) is 5.42. The number of aromatic nitrogens is 1. The maximum absolute atomic E-state index is 9.18. The number of nitrogens with zero attached hydrogens (tertiary/aromatic N) is 2. The van der Waals surface area contributed by atoms with Crippen LogP contribution < -0.4 is 0 Å². The number of rotatable bonds is 3. The number of aryl methyl sites for hydroxylation is 1. The van der Waals surface area contributed by atoms with E-state index in [0.717, 1.165) is 28.6 Å². The molecule has 24 heavy (non-hydrogen) atoms. The number of hydrogen-bond donors (Lipinski definition) is 0. The van der Waals surface area contributed by atoms with Crippen molar-refractivity contribution >= 4 is 11.1 Å². The third-order valence-corrected chi connectivity index (χ3v) is 3.88. The minimum atomic E-state index is 0.277. The highest BCUT2D eigenvalue weighted by Crippen LogP contribution is 2.31. The molecule has 0 aliphatic rings. The van der Waals surface area contributed by atoms with E-state index in [0.29, 0.717) is 11.5 Å². The second-order valence-electron chi connectivity index (χ2n) is 5.75. The second-order valence-corrected chi connectivity index (χ2v) is 5.75. The van der Waals surface area contributed by atoms with Gasteiger partial charge in [-0.25, -0.2) is 4.98 Å². The first-order chi connectivity index (χ1) is 11.6. The molecule has 1 heterocycles. The van der Waals surface area contributed by atoms with Gasteiger partial charge in [-0.3, -0.25) is 0 Å². The topological polar surface area (TPSA) is 49.8 Å². The maximum atomic E-state index is 9.18. The van der Waals surface area contributed by atoms with Gasteiger partial charge in [-0.15, -0.1) is 0 Å². The largest absolute Gasteiger partial charge is 0.436 e. The zero-order valence-electron chi connectivity index (χ0n) is 15.1. The van der Waals surface area contributed by atoms with E-state index >= 15 is 0 Å². The molecule has 0 aliphatic heterocycles. The number of nitriles is 1. The minimum absolute atomic E-state index is 0.277. The molecule has 0 aliphatic carbocycles. The Kier molecular flexibility index (Phi) is 5.76. The van der Waals surface area contributed by atoms with Gasteiger partial charge < -0.3 is 4.42 Å². The Bertz CT molecular complexity index is 852. The van der Waals surface area contributed by atoms with E-state index in [-0.39, 0.29) is 5.92 Å². The van der Waals surface area contributed by atoms with E-state index in [9.17, 15) is 5.26 Å². The van der Waals surface area contributed by atoms with E-state index in [1.807, 2.05) is 32.0 Å². The summed E-state index contributed by atoms with van der Waals surface area (Å²) >= 11 is 0. The van der Waals surface area contributed by atoms with Crippen LogP contribution in [0.2, 0.25) is 0 Å². The summed E-state index contributed by atoms with van der Waals surface area (Å²) in [5.74, 6) is 0.883. The lowest BCUT2D eigenvalue weighted by atomic mass is 10.00. The molecule has 0 atom stereocenters. The van der Waals surface area contributed by atoms with Crippen molar-refractivity contribution < 1.29 is 4.42 Å². The summed E-state index contributed by atoms with van der Waals surface area (Å²) in [5, 5.41) is 9.18. The van der Waals surface area contributed by atoms with Crippen molar-refractivity contribution in [3.8, 4) is 17.5 Å². The monoisotopic (exact) mass is 320 g/mol. The van der Waals surface area contributed by atoms with Crippen LogP contribution in [0.15, 0.2) is 40.8 Å². The van der Waals surface area contributed by atoms with Gasteiger partial charge in [0.25, 0.3) is 0 Å². The molecule has 0 fully saturated rings. The van der Waals surface area contributed by atoms with Crippen molar-refractivity contribution in [2.24, 2.45) is 0 Å². The fourth-order valence-corrected chi connectivity index (χ4v) is 2.56. The molecule has 124 valence electrons. The van der Waals surface area contributed by atoms with Crippen LogP contribution >= 0.6 is 0 Å². The first-order valence-corrected chi connectivity index (χ1v) is 8.56. The average molecular weight is 320 g/mol. The van der Waals surface area contributed by atoms with E-state index in [4.69, 9.17) is 4.42 Å². The van der Waals surface area contributed by atoms with Crippen LogP contribution in [0, 0.1) is 11.3 Å². The third kappa shape index (κ3) is 3.49. The molecule has 0 spiro atoms. The molecule has 3 aromatic rings. The summed E-state index contributed by atoms with van der Waals surface area (Å²) in [7, 11) is 0. The van der Waals surface area contributed by atoms with Gasteiger partial charge in [-0.05, 0) is 42.2 Å². The fraction of sp³-hybridized carbons (Fsp3) is 0.333. The van der Waals surface area contributed by atoms with Gasteiger partial charge >= 0.3 is 0 Å². The minimum Gasteiger partial charge on any atom is -0.436 e. The van der Waals surface area contributed by atoms with Crippen molar-refractivity contribution in [3.63, 3.8) is 0 Å². The lowest BCUT2D eigenvalue weighted by Crippen LogP contribution is -1.89. The number of oxazole rings is 1. The normalized spacial score (nSPS) is 10.4. The molecule has 2 aromatic carbocycles. The molecule has 3 nitrogen and oxygen atoms in total. The molecule has 0 unspecified atom stereocenters. The predicted molar refractivity (Wildman–Crippen MR) is 99.0 cm³/mol. The van der Waals surface area contributed by atoms with E-state index < -0.39 is 0 Å². The van der Waals surface area contributed by atoms with Crippen molar-refractivity contribution in [3.05, 3.63) is 53.1 Å². The predicted octanol–water partition coefficient (Wildman–Crippen LogP) is 6.08. The van der Waals surface area contributed by atoms with Crippen LogP contribution in [-0.2, 0) is 6.42 Å². The third-order valence-electron chi connectivity index (χ3n) is 3.88. The Morgan fingerprint density at radius 2 is 1.79 bits per heavy atom. The first-order valence-electron chi connectivity index (χ1n) is 8.56. The average Bonchev–Trinajstić information content (AvgIpc) is 3.06. The smallest absolute Gasteiger partial charge is 0.227 e. The van der Waals surface area contributed by atoms with Crippen molar-refractivity contribution in [2.45, 2.75) is 47.0 Å². The molecule has 0 saturated carbocycles. The summed E-state index contributed by atoms with van der Waals surface area (Å²) < 4.78 is 6.00. The molecule has 0 saturated heterocycles. The zero-order valence-corrected chi connectivity index (χ0v) is 15.1. The highest BCUT2D eigenvalue weighted by molar-refractivity contribution is 5.81. The molecule has 1 aromatic heterocycles. The van der Waals surface area contributed by atoms with E-state index in [2.05, 4.69) is 44.0 Å². The number of benzene rings is 2. The van der Waals surface area contributed by atoms with Crippen molar-refractivity contribution in [1.82, 2.24) is 4.98 Å². The van der Waals surface area contributed by atoms with Gasteiger partial charge in [0, 0.05) is 11.1 Å². The van der Waals surface area contributed by atoms with Crippen LogP contribution in [0.3, 0.4) is 0 Å². The van der Waals surface area contributed by atoms with Crippen LogP contribution in [0.1, 0.15) is 57.2 Å². The van der Waals surface area contributed by atoms with Gasteiger partial charge in [0.1, 0.15) is 5.52 Å². The maximum Gasteiger partial charge on any atom is 0.227 e. The Hall–Kier alpha value is -2.60. The molecule has 0 bridgehead atoms. The molecule has 3 rings (SSSR count). The number of fused-ring (bicyclic) bond motifs is 1. The highest BCUT2D eigenvalue weighted by Gasteiger charge is 2.15. The second kappa shape index (κ2) is 7.79. The van der Waals surface area contributed by atoms with Crippen LogP contribution in [0.4, 0.5) is 0 Å². The van der Waals surface area contributed by atoms with Crippen LogP contribution in [0.25, 0.3) is 22.6 Å². The van der Waals surface area contributed by atoms with Crippen molar-refractivity contribution in [2.75, 3.05) is 0 Å². The fourth-order valence-electron chi connectivity index (χ4n) is 2.56.